The molecule has 2 aliphatic rings. The minimum absolute atomic E-state index is 0.176. The maximum absolute atomic E-state index is 12.0. The van der Waals surface area contributed by atoms with E-state index < -0.39 is 0 Å². The Hall–Kier alpha value is -1.46. The van der Waals surface area contributed by atoms with E-state index >= 15 is 0 Å². The van der Waals surface area contributed by atoms with Gasteiger partial charge in [0.25, 0.3) is 0 Å². The average molecular weight is 376 g/mol. The molecule has 1 unspecified atom stereocenters. The summed E-state index contributed by atoms with van der Waals surface area (Å²) in [5, 5.41) is 0. The number of unbranched alkanes of at least 4 members (excludes halogenated alkanes) is 3. The van der Waals surface area contributed by atoms with Gasteiger partial charge in [0.2, 0.25) is 0 Å². The lowest BCUT2D eigenvalue weighted by molar-refractivity contribution is -0.169. The van der Waals surface area contributed by atoms with Gasteiger partial charge < -0.3 is 14.0 Å². The maximum Gasteiger partial charge on any atom is 0.164 e. The van der Waals surface area contributed by atoms with Gasteiger partial charge in [-0.1, -0.05) is 12.8 Å². The molecule has 1 aliphatic heterocycles. The molecule has 2 heterocycles. The van der Waals surface area contributed by atoms with E-state index in [9.17, 15) is 9.59 Å². The van der Waals surface area contributed by atoms with Crippen LogP contribution in [0.4, 0.5) is 0 Å². The maximum atomic E-state index is 12.0. The van der Waals surface area contributed by atoms with Gasteiger partial charge in [-0.05, 0) is 57.9 Å². The smallest absolute Gasteiger partial charge is 0.164 e. The molecule has 0 saturated carbocycles. The highest BCUT2D eigenvalue weighted by Gasteiger charge is 2.22. The van der Waals surface area contributed by atoms with Gasteiger partial charge in [-0.2, -0.15) is 0 Å². The van der Waals surface area contributed by atoms with Crippen LogP contribution in [0.1, 0.15) is 86.0 Å². The number of fused-ring (bicyclic) bond motifs is 1. The second-order valence-electron chi connectivity index (χ2n) is 7.88. The van der Waals surface area contributed by atoms with Crippen molar-refractivity contribution in [3.8, 4) is 0 Å². The lowest BCUT2D eigenvalue weighted by atomic mass is 9.96. The van der Waals surface area contributed by atoms with Crippen molar-refractivity contribution in [2.45, 2.75) is 90.4 Å². The quantitative estimate of drug-likeness (QED) is 0.570. The molecule has 0 spiro atoms. The third-order valence-electron chi connectivity index (χ3n) is 5.69. The minimum Gasteiger partial charge on any atom is -0.353 e. The summed E-state index contributed by atoms with van der Waals surface area (Å²) in [6.07, 6.45) is 10.4. The van der Waals surface area contributed by atoms with Crippen molar-refractivity contribution < 1.29 is 19.1 Å². The Balaban J connectivity index is 1.29. The highest BCUT2D eigenvalue weighted by molar-refractivity contribution is 5.98. The molecule has 0 N–H and O–H groups in total. The molecular weight excluding hydrogens is 342 g/mol. The zero-order valence-electron chi connectivity index (χ0n) is 16.6. The number of nitrogens with zero attached hydrogens (tertiary/aromatic N) is 1. The summed E-state index contributed by atoms with van der Waals surface area (Å²) in [6, 6.07) is 2.06. The first-order valence-corrected chi connectivity index (χ1v) is 10.6. The Morgan fingerprint density at radius 2 is 2.04 bits per heavy atom. The van der Waals surface area contributed by atoms with Gasteiger partial charge in [0.1, 0.15) is 6.61 Å². The van der Waals surface area contributed by atoms with E-state index in [1.54, 1.807) is 0 Å². The van der Waals surface area contributed by atoms with Crippen LogP contribution in [0.15, 0.2) is 6.07 Å². The van der Waals surface area contributed by atoms with Crippen LogP contribution in [0.5, 0.6) is 0 Å². The van der Waals surface area contributed by atoms with E-state index in [1.807, 2.05) is 0 Å². The Morgan fingerprint density at radius 3 is 2.85 bits per heavy atom. The van der Waals surface area contributed by atoms with E-state index in [0.717, 1.165) is 76.5 Å². The first-order chi connectivity index (χ1) is 13.1. The predicted octanol–water partition coefficient (Wildman–Crippen LogP) is 4.38. The number of Topliss-reactive ketones (excluding diaryl/α,β-unsaturated/α-hetero) is 2. The fourth-order valence-electron chi connectivity index (χ4n) is 4.15. The zero-order valence-corrected chi connectivity index (χ0v) is 16.6. The topological polar surface area (TPSA) is 57.5 Å². The number of aryl methyl sites for hydroxylation is 1. The van der Waals surface area contributed by atoms with Crippen molar-refractivity contribution in [1.82, 2.24) is 4.57 Å². The van der Waals surface area contributed by atoms with Gasteiger partial charge in [0.05, 0.1) is 0 Å². The van der Waals surface area contributed by atoms with Crippen LogP contribution in [0.2, 0.25) is 0 Å². The van der Waals surface area contributed by atoms with E-state index in [2.05, 4.69) is 17.6 Å². The normalized spacial score (nSPS) is 19.9. The molecule has 0 aromatic carbocycles. The van der Waals surface area contributed by atoms with Gasteiger partial charge in [0, 0.05) is 42.9 Å². The van der Waals surface area contributed by atoms with Gasteiger partial charge in [-0.15, -0.1) is 0 Å². The number of ketones is 2. The molecule has 0 radical (unpaired) electrons. The third-order valence-corrected chi connectivity index (χ3v) is 5.69. The van der Waals surface area contributed by atoms with Crippen molar-refractivity contribution in [2.24, 2.45) is 0 Å². The molecule has 5 heteroatoms. The van der Waals surface area contributed by atoms with Crippen LogP contribution < -0.4 is 0 Å². The molecule has 3 rings (SSSR count). The first kappa shape index (κ1) is 20.3. The summed E-state index contributed by atoms with van der Waals surface area (Å²) in [5.41, 5.74) is 3.39. The predicted molar refractivity (Wildman–Crippen MR) is 104 cm³/mol. The molecule has 1 aromatic rings. The van der Waals surface area contributed by atoms with Crippen molar-refractivity contribution in [1.29, 1.82) is 0 Å². The molecule has 0 bridgehead atoms. The number of hydrogen-bond acceptors (Lipinski definition) is 4. The van der Waals surface area contributed by atoms with Crippen molar-refractivity contribution in [2.75, 3.05) is 13.2 Å². The third kappa shape index (κ3) is 5.76. The summed E-state index contributed by atoms with van der Waals surface area (Å²) < 4.78 is 13.4. The highest BCUT2D eigenvalue weighted by atomic mass is 16.7. The van der Waals surface area contributed by atoms with Gasteiger partial charge in [-0.3, -0.25) is 9.59 Å². The van der Waals surface area contributed by atoms with Crippen molar-refractivity contribution >= 4 is 11.6 Å². The van der Waals surface area contributed by atoms with Gasteiger partial charge in [-0.25, -0.2) is 0 Å². The van der Waals surface area contributed by atoms with Crippen LogP contribution in [-0.4, -0.2) is 35.6 Å². The van der Waals surface area contributed by atoms with E-state index in [4.69, 9.17) is 9.47 Å². The number of aromatic nitrogens is 1. The summed E-state index contributed by atoms with van der Waals surface area (Å²) in [5.74, 6) is 0.482. The van der Waals surface area contributed by atoms with Crippen LogP contribution in [0.25, 0.3) is 0 Å². The van der Waals surface area contributed by atoms with Crippen LogP contribution in [0.3, 0.4) is 0 Å². The van der Waals surface area contributed by atoms with Crippen LogP contribution in [0, 0.1) is 6.92 Å². The molecule has 150 valence electrons. The molecule has 1 aliphatic carbocycles. The fourth-order valence-corrected chi connectivity index (χ4v) is 4.15. The summed E-state index contributed by atoms with van der Waals surface area (Å²) in [7, 11) is 0. The second kappa shape index (κ2) is 10.2. The van der Waals surface area contributed by atoms with Crippen molar-refractivity contribution in [3.63, 3.8) is 0 Å². The molecule has 1 atom stereocenters. The largest absolute Gasteiger partial charge is 0.353 e. The molecule has 1 fully saturated rings. The van der Waals surface area contributed by atoms with Gasteiger partial charge in [0.15, 0.2) is 17.9 Å². The molecule has 27 heavy (non-hydrogen) atoms. The number of ether oxygens (including phenoxy) is 2. The summed E-state index contributed by atoms with van der Waals surface area (Å²) in [4.78, 5) is 23.9. The molecule has 0 amide bonds. The first-order valence-electron chi connectivity index (χ1n) is 10.6. The summed E-state index contributed by atoms with van der Waals surface area (Å²) in [6.45, 7) is 4.01. The monoisotopic (exact) mass is 375 g/mol. The zero-order chi connectivity index (χ0) is 19.1. The van der Waals surface area contributed by atoms with Gasteiger partial charge >= 0.3 is 0 Å². The Bertz CT molecular complexity index is 643. The SMILES string of the molecule is Cc1cc2c(n1CCCCCCC(=O)COC1CCCCO1)CCCC2=O. The Morgan fingerprint density at radius 1 is 1.19 bits per heavy atom. The van der Waals surface area contributed by atoms with E-state index in [1.165, 1.54) is 11.4 Å². The van der Waals surface area contributed by atoms with E-state index in [-0.39, 0.29) is 18.7 Å². The molecule has 1 saturated heterocycles. The molecular formula is C22H33NO4. The summed E-state index contributed by atoms with van der Waals surface area (Å²) >= 11 is 0. The minimum atomic E-state index is -0.176. The molecule has 1 aromatic heterocycles. The number of rotatable bonds is 10. The van der Waals surface area contributed by atoms with Crippen molar-refractivity contribution in [3.05, 3.63) is 23.0 Å². The lowest BCUT2D eigenvalue weighted by Gasteiger charge is -2.22. The average Bonchev–Trinajstić information content (AvgIpc) is 3.00. The standard InChI is InChI=1S/C22H33NO4/c1-17-15-19-20(10-8-11-21(19)25)23(17)13-6-3-2-4-9-18(24)16-27-22-12-5-7-14-26-22/h15,22H,2-14,16H2,1H3. The number of hydrogen-bond donors (Lipinski definition) is 0. The van der Waals surface area contributed by atoms with E-state index in [0.29, 0.717) is 18.6 Å². The molecule has 5 nitrogen and oxygen atoms in total. The Kier molecular flexibility index (Phi) is 7.65. The Labute approximate surface area is 162 Å². The lowest BCUT2D eigenvalue weighted by Crippen LogP contribution is -2.25. The van der Waals surface area contributed by atoms with Crippen LogP contribution in [-0.2, 0) is 27.2 Å². The number of carbonyl (C=O) groups is 2. The fraction of sp³-hybridized carbons (Fsp3) is 0.727. The number of carbonyl (C=O) groups excluding carboxylic acids is 2. The highest BCUT2D eigenvalue weighted by Crippen LogP contribution is 2.25. The second-order valence-corrected chi connectivity index (χ2v) is 7.88. The van der Waals surface area contributed by atoms with Crippen LogP contribution >= 0.6 is 0 Å².